The average molecular weight is 396 g/mol. The van der Waals surface area contributed by atoms with Crippen LogP contribution in [0.25, 0.3) is 0 Å². The molecule has 2 atom stereocenters. The third-order valence-corrected chi connectivity index (χ3v) is 6.43. The zero-order valence-electron chi connectivity index (χ0n) is 15.8. The lowest BCUT2D eigenvalue weighted by Gasteiger charge is -2.23. The van der Waals surface area contributed by atoms with E-state index in [2.05, 4.69) is 5.32 Å². The van der Waals surface area contributed by atoms with E-state index in [1.807, 2.05) is 30.3 Å². The molecule has 1 saturated heterocycles. The van der Waals surface area contributed by atoms with Crippen molar-refractivity contribution in [2.24, 2.45) is 0 Å². The van der Waals surface area contributed by atoms with Gasteiger partial charge < -0.3 is 14.9 Å². The van der Waals surface area contributed by atoms with Crippen LogP contribution in [0.5, 0.6) is 0 Å². The number of amides is 1. The van der Waals surface area contributed by atoms with Gasteiger partial charge in [0.15, 0.2) is 0 Å². The van der Waals surface area contributed by atoms with E-state index in [0.717, 1.165) is 30.7 Å². The van der Waals surface area contributed by atoms with Gasteiger partial charge in [-0.05, 0) is 51.1 Å². The van der Waals surface area contributed by atoms with E-state index in [4.69, 9.17) is 4.74 Å². The molecular formula is C19H29N2O5P. The zero-order valence-corrected chi connectivity index (χ0v) is 16.7. The van der Waals surface area contributed by atoms with Gasteiger partial charge in [-0.25, -0.2) is 9.59 Å². The van der Waals surface area contributed by atoms with Crippen LogP contribution >= 0.6 is 7.37 Å². The standard InChI is InChI=1S/C19H29N2O5P/c1-2-21(19(23)26-18(22)17-12-8-13-20-17)15-27(24,25)14-7-6-11-16-9-4-3-5-10-16/h3-5,9-10,17,20H,2,6-8,11-15H2,1H3,(H,24,25)/t17-/m0/s1. The van der Waals surface area contributed by atoms with Crippen LogP contribution in [0.4, 0.5) is 4.79 Å². The van der Waals surface area contributed by atoms with E-state index in [-0.39, 0.29) is 19.0 Å². The fourth-order valence-corrected chi connectivity index (χ4v) is 4.77. The topological polar surface area (TPSA) is 95.9 Å². The van der Waals surface area contributed by atoms with Gasteiger partial charge in [0.25, 0.3) is 0 Å². The number of aryl methyl sites for hydroxylation is 1. The van der Waals surface area contributed by atoms with Crippen molar-refractivity contribution in [3.05, 3.63) is 35.9 Å². The number of nitrogens with zero attached hydrogens (tertiary/aromatic N) is 1. The third kappa shape index (κ3) is 7.45. The minimum atomic E-state index is -3.51. The smallest absolute Gasteiger partial charge is 0.375 e. The fourth-order valence-electron chi connectivity index (χ4n) is 3.06. The number of unbranched alkanes of at least 4 members (excludes halogenated alkanes) is 1. The van der Waals surface area contributed by atoms with E-state index < -0.39 is 25.5 Å². The van der Waals surface area contributed by atoms with Gasteiger partial charge in [0, 0.05) is 12.7 Å². The maximum absolute atomic E-state index is 12.4. The van der Waals surface area contributed by atoms with Gasteiger partial charge in [0.2, 0.25) is 7.37 Å². The van der Waals surface area contributed by atoms with E-state index >= 15 is 0 Å². The molecule has 0 spiro atoms. The van der Waals surface area contributed by atoms with Gasteiger partial charge >= 0.3 is 12.1 Å². The molecule has 0 bridgehead atoms. The number of carbonyl (C=O) groups is 2. The van der Waals surface area contributed by atoms with Crippen molar-refractivity contribution in [1.29, 1.82) is 0 Å². The van der Waals surface area contributed by atoms with Gasteiger partial charge in [-0.3, -0.25) is 9.46 Å². The molecule has 1 aromatic rings. The Balaban J connectivity index is 1.75. The minimum absolute atomic E-state index is 0.141. The molecule has 1 aromatic carbocycles. The number of esters is 1. The van der Waals surface area contributed by atoms with Crippen LogP contribution in [-0.2, 0) is 20.5 Å². The Hall–Kier alpha value is -1.69. The predicted molar refractivity (Wildman–Crippen MR) is 104 cm³/mol. The largest absolute Gasteiger partial charge is 0.418 e. The highest BCUT2D eigenvalue weighted by Gasteiger charge is 2.30. The molecular weight excluding hydrogens is 367 g/mol. The number of rotatable bonds is 9. The van der Waals surface area contributed by atoms with Crippen molar-refractivity contribution in [3.8, 4) is 0 Å². The lowest BCUT2D eigenvalue weighted by molar-refractivity contribution is -0.140. The van der Waals surface area contributed by atoms with Gasteiger partial charge in [-0.1, -0.05) is 30.3 Å². The highest BCUT2D eigenvalue weighted by Crippen LogP contribution is 2.42. The van der Waals surface area contributed by atoms with E-state index in [1.54, 1.807) is 6.92 Å². The Morgan fingerprint density at radius 2 is 2.04 bits per heavy atom. The van der Waals surface area contributed by atoms with Gasteiger partial charge in [-0.15, -0.1) is 0 Å². The fraction of sp³-hybridized carbons (Fsp3) is 0.579. The summed E-state index contributed by atoms with van der Waals surface area (Å²) in [5.41, 5.74) is 1.20. The molecule has 0 aliphatic carbocycles. The normalized spacial score (nSPS) is 18.7. The number of hydrogen-bond acceptors (Lipinski definition) is 5. The number of benzene rings is 1. The molecule has 27 heavy (non-hydrogen) atoms. The second-order valence-electron chi connectivity index (χ2n) is 6.85. The van der Waals surface area contributed by atoms with E-state index in [1.165, 1.54) is 5.56 Å². The lowest BCUT2D eigenvalue weighted by Crippen LogP contribution is -2.39. The summed E-state index contributed by atoms with van der Waals surface area (Å²) in [6, 6.07) is 9.50. The van der Waals surface area contributed by atoms with Crippen molar-refractivity contribution in [2.75, 3.05) is 25.5 Å². The van der Waals surface area contributed by atoms with E-state index in [9.17, 15) is 19.0 Å². The van der Waals surface area contributed by atoms with E-state index in [0.29, 0.717) is 12.8 Å². The first-order valence-corrected chi connectivity index (χ1v) is 11.5. The Morgan fingerprint density at radius 3 is 2.67 bits per heavy atom. The van der Waals surface area contributed by atoms with Crippen molar-refractivity contribution < 1.29 is 23.8 Å². The molecule has 8 heteroatoms. The maximum atomic E-state index is 12.4. The Morgan fingerprint density at radius 1 is 1.30 bits per heavy atom. The van der Waals surface area contributed by atoms with Crippen LogP contribution in [-0.4, -0.2) is 53.4 Å². The number of ether oxygens (including phenoxy) is 1. The van der Waals surface area contributed by atoms with Crippen molar-refractivity contribution >= 4 is 19.4 Å². The molecule has 0 radical (unpaired) electrons. The van der Waals surface area contributed by atoms with Gasteiger partial charge in [0.1, 0.15) is 12.3 Å². The van der Waals surface area contributed by atoms with Crippen LogP contribution in [0.3, 0.4) is 0 Å². The molecule has 1 unspecified atom stereocenters. The monoisotopic (exact) mass is 396 g/mol. The molecule has 1 aliphatic heterocycles. The summed E-state index contributed by atoms with van der Waals surface area (Å²) in [5.74, 6) is -0.619. The molecule has 150 valence electrons. The molecule has 2 rings (SSSR count). The predicted octanol–water partition coefficient (Wildman–Crippen LogP) is 2.97. The molecule has 1 heterocycles. The number of carbonyl (C=O) groups excluding carboxylic acids is 2. The summed E-state index contributed by atoms with van der Waals surface area (Å²) in [6.07, 6.45) is 2.74. The molecule has 1 aliphatic rings. The Labute approximate surface area is 160 Å². The molecule has 0 saturated carbocycles. The highest BCUT2D eigenvalue weighted by molar-refractivity contribution is 7.57. The Kier molecular flexibility index (Phi) is 8.48. The summed E-state index contributed by atoms with van der Waals surface area (Å²) in [7, 11) is -3.51. The highest BCUT2D eigenvalue weighted by atomic mass is 31.2. The molecule has 1 fully saturated rings. The zero-order chi connectivity index (χ0) is 19.7. The Bertz CT molecular complexity index is 661. The first-order valence-electron chi connectivity index (χ1n) is 9.50. The molecule has 1 amide bonds. The SMILES string of the molecule is CCN(CP(=O)(O)CCCCc1ccccc1)C(=O)OC(=O)[C@@H]1CCCN1. The van der Waals surface area contributed by atoms with Crippen LogP contribution < -0.4 is 5.32 Å². The van der Waals surface area contributed by atoms with Gasteiger partial charge in [-0.2, -0.15) is 0 Å². The quantitative estimate of drug-likeness (QED) is 0.288. The van der Waals surface area contributed by atoms with Crippen molar-refractivity contribution in [1.82, 2.24) is 10.2 Å². The third-order valence-electron chi connectivity index (χ3n) is 4.63. The minimum Gasteiger partial charge on any atom is -0.375 e. The number of nitrogens with one attached hydrogen (secondary N) is 1. The summed E-state index contributed by atoms with van der Waals surface area (Å²) >= 11 is 0. The summed E-state index contributed by atoms with van der Waals surface area (Å²) in [4.78, 5) is 35.4. The summed E-state index contributed by atoms with van der Waals surface area (Å²) in [6.45, 7) is 2.62. The van der Waals surface area contributed by atoms with Gasteiger partial charge in [0.05, 0.1) is 0 Å². The maximum Gasteiger partial charge on any atom is 0.418 e. The van der Waals surface area contributed by atoms with Crippen LogP contribution in [0.1, 0.15) is 38.2 Å². The lowest BCUT2D eigenvalue weighted by atomic mass is 10.1. The first kappa shape index (κ1) is 21.6. The second kappa shape index (κ2) is 10.6. The molecule has 0 aromatic heterocycles. The first-order chi connectivity index (χ1) is 12.9. The summed E-state index contributed by atoms with van der Waals surface area (Å²) in [5, 5.41) is 2.97. The molecule has 2 N–H and O–H groups in total. The van der Waals surface area contributed by atoms with Crippen molar-refractivity contribution in [3.63, 3.8) is 0 Å². The average Bonchev–Trinajstić information content (AvgIpc) is 3.19. The summed E-state index contributed by atoms with van der Waals surface area (Å²) < 4.78 is 17.3. The van der Waals surface area contributed by atoms with Crippen LogP contribution in [0, 0.1) is 0 Å². The van der Waals surface area contributed by atoms with Crippen molar-refractivity contribution in [2.45, 2.75) is 45.1 Å². The number of hydrogen-bond donors (Lipinski definition) is 2. The van der Waals surface area contributed by atoms with Crippen LogP contribution in [0.2, 0.25) is 0 Å². The second-order valence-corrected chi connectivity index (χ2v) is 9.27. The van der Waals surface area contributed by atoms with Crippen LogP contribution in [0.15, 0.2) is 30.3 Å². The molecule has 7 nitrogen and oxygen atoms in total.